The van der Waals surface area contributed by atoms with Gasteiger partial charge in [0.25, 0.3) is 0 Å². The summed E-state index contributed by atoms with van der Waals surface area (Å²) < 4.78 is 0. The molecule has 3 rings (SSSR count). The van der Waals surface area contributed by atoms with Crippen molar-refractivity contribution in [1.29, 1.82) is 0 Å². The van der Waals surface area contributed by atoms with Gasteiger partial charge in [-0.3, -0.25) is 10.0 Å². The van der Waals surface area contributed by atoms with Gasteiger partial charge in [0.2, 0.25) is 5.91 Å². The van der Waals surface area contributed by atoms with Crippen molar-refractivity contribution in [3.05, 3.63) is 42.5 Å². The molecule has 0 aliphatic heterocycles. The molecule has 2 aromatic carbocycles. The molecule has 0 spiro atoms. The van der Waals surface area contributed by atoms with Crippen molar-refractivity contribution in [3.8, 4) is 0 Å². The number of carbonyl (C=O) groups is 1. The molecule has 4 nitrogen and oxygen atoms in total. The van der Waals surface area contributed by atoms with E-state index in [1.807, 2.05) is 30.3 Å². The number of rotatable bonds is 1. The molecule has 0 unspecified atom stereocenters. The lowest BCUT2D eigenvalue weighted by atomic mass is 10.1. The van der Waals surface area contributed by atoms with E-state index in [0.717, 1.165) is 21.8 Å². The predicted octanol–water partition coefficient (Wildman–Crippen LogP) is 3.06. The van der Waals surface area contributed by atoms with Crippen LogP contribution in [0.1, 0.15) is 6.92 Å². The van der Waals surface area contributed by atoms with Crippen molar-refractivity contribution in [2.75, 3.05) is 5.06 Å². The van der Waals surface area contributed by atoms with Crippen molar-refractivity contribution >= 4 is 33.4 Å². The van der Waals surface area contributed by atoms with Gasteiger partial charge in [-0.2, -0.15) is 5.06 Å². The Bertz CT molecular complexity index is 746. The molecule has 0 radical (unpaired) electrons. The minimum absolute atomic E-state index is 0.412. The van der Waals surface area contributed by atoms with E-state index in [2.05, 4.69) is 4.98 Å². The third-order valence-corrected chi connectivity index (χ3v) is 3.03. The van der Waals surface area contributed by atoms with Crippen LogP contribution in [0.15, 0.2) is 42.5 Å². The third kappa shape index (κ3) is 1.55. The molecule has 1 aromatic heterocycles. The molecule has 2 N–H and O–H groups in total. The molecule has 90 valence electrons. The second-order valence-corrected chi connectivity index (χ2v) is 4.23. The Morgan fingerprint density at radius 2 is 1.83 bits per heavy atom. The molecule has 0 fully saturated rings. The summed E-state index contributed by atoms with van der Waals surface area (Å²) in [7, 11) is 0. The Hall–Kier alpha value is -2.33. The summed E-state index contributed by atoms with van der Waals surface area (Å²) in [5, 5.41) is 12.5. The minimum Gasteiger partial charge on any atom is -0.354 e. The molecule has 0 bridgehead atoms. The van der Waals surface area contributed by atoms with Crippen LogP contribution in [-0.4, -0.2) is 16.1 Å². The van der Waals surface area contributed by atoms with E-state index in [9.17, 15) is 10.0 Å². The average molecular weight is 240 g/mol. The fourth-order valence-electron chi connectivity index (χ4n) is 2.16. The summed E-state index contributed by atoms with van der Waals surface area (Å²) in [5.41, 5.74) is 2.40. The average Bonchev–Trinajstić information content (AvgIpc) is 2.75. The van der Waals surface area contributed by atoms with Gasteiger partial charge in [-0.05, 0) is 18.2 Å². The van der Waals surface area contributed by atoms with Crippen LogP contribution in [0.5, 0.6) is 0 Å². The van der Waals surface area contributed by atoms with E-state index in [0.29, 0.717) is 10.8 Å². The first-order valence-corrected chi connectivity index (χ1v) is 5.67. The number of anilines is 1. The van der Waals surface area contributed by atoms with E-state index < -0.39 is 5.91 Å². The van der Waals surface area contributed by atoms with Crippen molar-refractivity contribution in [2.45, 2.75) is 6.92 Å². The summed E-state index contributed by atoms with van der Waals surface area (Å²) in [4.78, 5) is 14.4. The monoisotopic (exact) mass is 240 g/mol. The minimum atomic E-state index is -0.412. The number of nitrogens with zero attached hydrogens (tertiary/aromatic N) is 1. The quantitative estimate of drug-likeness (QED) is 0.507. The van der Waals surface area contributed by atoms with Gasteiger partial charge in [-0.1, -0.05) is 24.3 Å². The number of carbonyl (C=O) groups excluding carboxylic acids is 1. The molecule has 4 heteroatoms. The molecule has 18 heavy (non-hydrogen) atoms. The van der Waals surface area contributed by atoms with Gasteiger partial charge in [0.1, 0.15) is 0 Å². The number of aromatic amines is 1. The first kappa shape index (κ1) is 10.8. The van der Waals surface area contributed by atoms with Gasteiger partial charge >= 0.3 is 0 Å². The molecular formula is C14H12N2O2. The maximum absolute atomic E-state index is 11.1. The molecule has 3 aromatic rings. The van der Waals surface area contributed by atoms with Gasteiger partial charge in [-0.25, -0.2) is 0 Å². The lowest BCUT2D eigenvalue weighted by molar-refractivity contribution is -0.121. The Morgan fingerprint density at radius 3 is 2.61 bits per heavy atom. The van der Waals surface area contributed by atoms with Gasteiger partial charge in [-0.15, -0.1) is 0 Å². The fourth-order valence-corrected chi connectivity index (χ4v) is 2.16. The standard InChI is InChI=1S/C14H12N2O2/c1-9(17)16(18)10-6-7-12-11-4-2-3-5-13(11)15-14(12)8-10/h2-8,15,18H,1H3. The number of amides is 1. The SMILES string of the molecule is CC(=O)N(O)c1ccc2c(c1)[nH]c1ccccc12. The zero-order chi connectivity index (χ0) is 12.7. The van der Waals surface area contributed by atoms with Crippen LogP contribution in [0.25, 0.3) is 21.8 Å². The maximum atomic E-state index is 11.1. The Labute approximate surface area is 103 Å². The second kappa shape index (κ2) is 3.85. The normalized spacial score (nSPS) is 11.0. The molecule has 0 aliphatic rings. The highest BCUT2D eigenvalue weighted by molar-refractivity contribution is 6.08. The zero-order valence-electron chi connectivity index (χ0n) is 9.84. The Kier molecular flexibility index (Phi) is 2.31. The van der Waals surface area contributed by atoms with E-state index in [4.69, 9.17) is 0 Å². The number of hydrogen-bond acceptors (Lipinski definition) is 2. The highest BCUT2D eigenvalue weighted by Gasteiger charge is 2.10. The van der Waals surface area contributed by atoms with Crippen LogP contribution in [-0.2, 0) is 4.79 Å². The second-order valence-electron chi connectivity index (χ2n) is 4.23. The van der Waals surface area contributed by atoms with E-state index in [1.54, 1.807) is 12.1 Å². The number of H-pyrrole nitrogens is 1. The van der Waals surface area contributed by atoms with Crippen molar-refractivity contribution in [2.24, 2.45) is 0 Å². The topological polar surface area (TPSA) is 56.3 Å². The molecular weight excluding hydrogens is 228 g/mol. The van der Waals surface area contributed by atoms with Gasteiger partial charge in [0.05, 0.1) is 5.69 Å². The molecule has 0 aliphatic carbocycles. The molecule has 0 atom stereocenters. The fraction of sp³-hybridized carbons (Fsp3) is 0.0714. The highest BCUT2D eigenvalue weighted by atomic mass is 16.5. The Balaban J connectivity index is 2.24. The predicted molar refractivity (Wildman–Crippen MR) is 70.8 cm³/mol. The van der Waals surface area contributed by atoms with Crippen LogP contribution in [0, 0.1) is 0 Å². The van der Waals surface area contributed by atoms with Crippen LogP contribution in [0.2, 0.25) is 0 Å². The number of benzene rings is 2. The number of fused-ring (bicyclic) bond motifs is 3. The van der Waals surface area contributed by atoms with Gasteiger partial charge < -0.3 is 4.98 Å². The zero-order valence-corrected chi connectivity index (χ0v) is 9.84. The summed E-state index contributed by atoms with van der Waals surface area (Å²) in [6, 6.07) is 13.4. The first-order chi connectivity index (χ1) is 8.66. The van der Waals surface area contributed by atoms with E-state index in [1.165, 1.54) is 6.92 Å². The van der Waals surface area contributed by atoms with Crippen molar-refractivity contribution < 1.29 is 10.0 Å². The molecule has 1 heterocycles. The van der Waals surface area contributed by atoms with Gasteiger partial charge in [0.15, 0.2) is 0 Å². The van der Waals surface area contributed by atoms with Crippen molar-refractivity contribution in [3.63, 3.8) is 0 Å². The van der Waals surface area contributed by atoms with Crippen LogP contribution >= 0.6 is 0 Å². The number of hydrogen-bond donors (Lipinski definition) is 2. The molecule has 1 amide bonds. The smallest absolute Gasteiger partial charge is 0.247 e. The summed E-state index contributed by atoms with van der Waals surface area (Å²) in [6.07, 6.45) is 0. The maximum Gasteiger partial charge on any atom is 0.247 e. The third-order valence-electron chi connectivity index (χ3n) is 3.03. The largest absolute Gasteiger partial charge is 0.354 e. The van der Waals surface area contributed by atoms with E-state index in [-0.39, 0.29) is 0 Å². The van der Waals surface area contributed by atoms with Crippen LogP contribution in [0.3, 0.4) is 0 Å². The number of nitrogens with one attached hydrogen (secondary N) is 1. The van der Waals surface area contributed by atoms with E-state index >= 15 is 0 Å². The summed E-state index contributed by atoms with van der Waals surface area (Å²) in [5.74, 6) is -0.412. The summed E-state index contributed by atoms with van der Waals surface area (Å²) >= 11 is 0. The van der Waals surface area contributed by atoms with Crippen LogP contribution < -0.4 is 5.06 Å². The number of aromatic nitrogens is 1. The first-order valence-electron chi connectivity index (χ1n) is 5.67. The number of hydroxylamine groups is 1. The Morgan fingerprint density at radius 1 is 1.11 bits per heavy atom. The summed E-state index contributed by atoms with van der Waals surface area (Å²) in [6.45, 7) is 1.31. The van der Waals surface area contributed by atoms with Crippen molar-refractivity contribution in [1.82, 2.24) is 4.98 Å². The lowest BCUT2D eigenvalue weighted by Crippen LogP contribution is -2.23. The highest BCUT2D eigenvalue weighted by Crippen LogP contribution is 2.28. The number of para-hydroxylation sites is 1. The molecule has 0 saturated carbocycles. The molecule has 0 saturated heterocycles. The van der Waals surface area contributed by atoms with Crippen LogP contribution in [0.4, 0.5) is 5.69 Å². The van der Waals surface area contributed by atoms with Gasteiger partial charge in [0, 0.05) is 28.7 Å². The lowest BCUT2D eigenvalue weighted by Gasteiger charge is -2.12.